The average molecular weight is 281 g/mol. The lowest BCUT2D eigenvalue weighted by atomic mass is 10.0. The lowest BCUT2D eigenvalue weighted by Gasteiger charge is -2.16. The number of rotatable bonds is 7. The third-order valence-electron chi connectivity index (χ3n) is 3.95. The Bertz CT molecular complexity index is 542. The first-order valence-corrected chi connectivity index (χ1v) is 8.11. The lowest BCUT2D eigenvalue weighted by Crippen LogP contribution is -2.06. The smallest absolute Gasteiger partial charge is 0.0485 e. The maximum atomic E-state index is 3.58. The molecule has 2 aromatic rings. The largest absolute Gasteiger partial charge is 0.379 e. The summed E-state index contributed by atoms with van der Waals surface area (Å²) >= 11 is 0. The second-order valence-corrected chi connectivity index (χ2v) is 5.93. The summed E-state index contributed by atoms with van der Waals surface area (Å²) < 4.78 is 0. The average Bonchev–Trinajstić information content (AvgIpc) is 2.49. The Balaban J connectivity index is 1.93. The van der Waals surface area contributed by atoms with Crippen LogP contribution in [-0.2, 0) is 6.42 Å². The minimum absolute atomic E-state index is 0.329. The highest BCUT2D eigenvalue weighted by Gasteiger charge is 2.05. The highest BCUT2D eigenvalue weighted by molar-refractivity contribution is 5.47. The third kappa shape index (κ3) is 4.93. The van der Waals surface area contributed by atoms with E-state index in [-0.39, 0.29) is 0 Å². The number of hydrogen-bond donors (Lipinski definition) is 1. The quantitative estimate of drug-likeness (QED) is 0.623. The minimum atomic E-state index is 0.329. The minimum Gasteiger partial charge on any atom is -0.379 e. The van der Waals surface area contributed by atoms with E-state index in [0.29, 0.717) is 6.04 Å². The summed E-state index contributed by atoms with van der Waals surface area (Å²) in [6.07, 6.45) is 5.10. The number of unbranched alkanes of at least 4 members (excludes halogenated alkanes) is 2. The van der Waals surface area contributed by atoms with Crippen LogP contribution in [0.3, 0.4) is 0 Å². The van der Waals surface area contributed by atoms with Gasteiger partial charge in [0.25, 0.3) is 0 Å². The van der Waals surface area contributed by atoms with Crippen molar-refractivity contribution in [1.82, 2.24) is 0 Å². The third-order valence-corrected chi connectivity index (χ3v) is 3.95. The Morgan fingerprint density at radius 3 is 2.43 bits per heavy atom. The summed E-state index contributed by atoms with van der Waals surface area (Å²) in [5, 5.41) is 3.58. The Hall–Kier alpha value is -1.76. The summed E-state index contributed by atoms with van der Waals surface area (Å²) in [5.74, 6) is 0. The molecule has 2 aromatic carbocycles. The summed E-state index contributed by atoms with van der Waals surface area (Å²) in [4.78, 5) is 0. The molecule has 0 saturated carbocycles. The normalized spacial score (nSPS) is 12.1. The first-order chi connectivity index (χ1) is 10.2. The van der Waals surface area contributed by atoms with Crippen molar-refractivity contribution < 1.29 is 0 Å². The van der Waals surface area contributed by atoms with Gasteiger partial charge in [-0.15, -0.1) is 0 Å². The van der Waals surface area contributed by atoms with Crippen molar-refractivity contribution in [2.45, 2.75) is 52.5 Å². The van der Waals surface area contributed by atoms with Crippen molar-refractivity contribution in [3.8, 4) is 0 Å². The van der Waals surface area contributed by atoms with E-state index < -0.39 is 0 Å². The van der Waals surface area contributed by atoms with Gasteiger partial charge in [-0.05, 0) is 49.9 Å². The molecule has 0 radical (unpaired) electrons. The van der Waals surface area contributed by atoms with Crippen LogP contribution in [0, 0.1) is 6.92 Å². The van der Waals surface area contributed by atoms with Crippen LogP contribution in [0.4, 0.5) is 5.69 Å². The molecule has 0 spiro atoms. The van der Waals surface area contributed by atoms with E-state index in [1.54, 1.807) is 0 Å². The molecule has 1 N–H and O–H groups in total. The van der Waals surface area contributed by atoms with Crippen LogP contribution in [0.15, 0.2) is 48.5 Å². The molecule has 0 aliphatic rings. The Labute approximate surface area is 129 Å². The molecule has 112 valence electrons. The van der Waals surface area contributed by atoms with Crippen LogP contribution in [0.1, 0.15) is 55.8 Å². The van der Waals surface area contributed by atoms with Crippen LogP contribution in [-0.4, -0.2) is 0 Å². The van der Waals surface area contributed by atoms with Gasteiger partial charge in [-0.1, -0.05) is 61.7 Å². The standard InChI is InChI=1S/C20H27N/c1-4-5-6-9-18-11-13-20(14-12-18)21-17(3)19-10-7-8-16(2)15-19/h7-8,10-15,17,21H,4-6,9H2,1-3H3. The first-order valence-electron chi connectivity index (χ1n) is 8.11. The highest BCUT2D eigenvalue weighted by Crippen LogP contribution is 2.20. The van der Waals surface area contributed by atoms with Gasteiger partial charge in [0, 0.05) is 11.7 Å². The molecule has 0 amide bonds. The predicted octanol–water partition coefficient (Wildman–Crippen LogP) is 5.90. The number of hydrogen-bond acceptors (Lipinski definition) is 1. The maximum absolute atomic E-state index is 3.58. The van der Waals surface area contributed by atoms with E-state index in [2.05, 4.69) is 74.6 Å². The van der Waals surface area contributed by atoms with Gasteiger partial charge >= 0.3 is 0 Å². The number of anilines is 1. The second-order valence-electron chi connectivity index (χ2n) is 5.93. The molecule has 1 nitrogen and oxygen atoms in total. The van der Waals surface area contributed by atoms with Crippen LogP contribution in [0.5, 0.6) is 0 Å². The molecule has 0 saturated heterocycles. The molecule has 1 heteroatoms. The summed E-state index contributed by atoms with van der Waals surface area (Å²) in [6, 6.07) is 17.9. The van der Waals surface area contributed by atoms with Crippen molar-refractivity contribution in [2.75, 3.05) is 5.32 Å². The van der Waals surface area contributed by atoms with E-state index in [1.807, 2.05) is 0 Å². The summed E-state index contributed by atoms with van der Waals surface area (Å²) in [7, 11) is 0. The Morgan fingerprint density at radius 2 is 1.76 bits per heavy atom. The van der Waals surface area contributed by atoms with Gasteiger partial charge in [0.15, 0.2) is 0 Å². The van der Waals surface area contributed by atoms with E-state index in [1.165, 1.54) is 48.1 Å². The van der Waals surface area contributed by atoms with Gasteiger partial charge in [-0.2, -0.15) is 0 Å². The van der Waals surface area contributed by atoms with Gasteiger partial charge in [-0.3, -0.25) is 0 Å². The van der Waals surface area contributed by atoms with Crippen molar-refractivity contribution in [3.63, 3.8) is 0 Å². The van der Waals surface area contributed by atoms with Gasteiger partial charge in [-0.25, -0.2) is 0 Å². The number of nitrogens with one attached hydrogen (secondary N) is 1. The van der Waals surface area contributed by atoms with Gasteiger partial charge in [0.05, 0.1) is 0 Å². The maximum Gasteiger partial charge on any atom is 0.0485 e. The molecule has 0 aliphatic heterocycles. The summed E-state index contributed by atoms with van der Waals surface area (Å²) in [6.45, 7) is 6.60. The van der Waals surface area contributed by atoms with Gasteiger partial charge < -0.3 is 5.32 Å². The molecule has 0 heterocycles. The van der Waals surface area contributed by atoms with E-state index >= 15 is 0 Å². The Morgan fingerprint density at radius 1 is 1.00 bits per heavy atom. The van der Waals surface area contributed by atoms with Crippen LogP contribution >= 0.6 is 0 Å². The number of benzene rings is 2. The number of aryl methyl sites for hydroxylation is 2. The molecular weight excluding hydrogens is 254 g/mol. The molecule has 0 fully saturated rings. The molecule has 0 aromatic heterocycles. The van der Waals surface area contributed by atoms with Crippen LogP contribution in [0.2, 0.25) is 0 Å². The summed E-state index contributed by atoms with van der Waals surface area (Å²) in [5.41, 5.74) is 5.29. The molecule has 0 bridgehead atoms. The van der Waals surface area contributed by atoms with Gasteiger partial charge in [0.2, 0.25) is 0 Å². The topological polar surface area (TPSA) is 12.0 Å². The molecule has 1 unspecified atom stereocenters. The van der Waals surface area contributed by atoms with Crippen molar-refractivity contribution in [3.05, 3.63) is 65.2 Å². The van der Waals surface area contributed by atoms with E-state index in [0.717, 1.165) is 0 Å². The van der Waals surface area contributed by atoms with Gasteiger partial charge in [0.1, 0.15) is 0 Å². The van der Waals surface area contributed by atoms with Crippen molar-refractivity contribution >= 4 is 5.69 Å². The fourth-order valence-corrected chi connectivity index (χ4v) is 2.62. The predicted molar refractivity (Wildman–Crippen MR) is 92.9 cm³/mol. The van der Waals surface area contributed by atoms with Crippen LogP contribution < -0.4 is 5.32 Å². The fraction of sp³-hybridized carbons (Fsp3) is 0.400. The zero-order valence-electron chi connectivity index (χ0n) is 13.5. The SMILES string of the molecule is CCCCCc1ccc(NC(C)c2cccc(C)c2)cc1. The zero-order valence-corrected chi connectivity index (χ0v) is 13.5. The highest BCUT2D eigenvalue weighted by atomic mass is 14.9. The Kier molecular flexibility index (Phi) is 5.86. The second kappa shape index (κ2) is 7.87. The van der Waals surface area contributed by atoms with Crippen molar-refractivity contribution in [2.24, 2.45) is 0 Å². The van der Waals surface area contributed by atoms with Crippen LogP contribution in [0.25, 0.3) is 0 Å². The molecule has 1 atom stereocenters. The fourth-order valence-electron chi connectivity index (χ4n) is 2.62. The molecule has 21 heavy (non-hydrogen) atoms. The molecular formula is C20H27N. The van der Waals surface area contributed by atoms with E-state index in [9.17, 15) is 0 Å². The van der Waals surface area contributed by atoms with Crippen molar-refractivity contribution in [1.29, 1.82) is 0 Å². The zero-order chi connectivity index (χ0) is 15.1. The van der Waals surface area contributed by atoms with E-state index in [4.69, 9.17) is 0 Å². The lowest BCUT2D eigenvalue weighted by molar-refractivity contribution is 0.717. The molecule has 2 rings (SSSR count). The molecule has 0 aliphatic carbocycles. The monoisotopic (exact) mass is 281 g/mol. The first kappa shape index (κ1) is 15.6.